The molecule has 0 bridgehead atoms. The molecule has 20 heavy (non-hydrogen) atoms. The summed E-state index contributed by atoms with van der Waals surface area (Å²) in [6, 6.07) is -0.702. The maximum Gasteiger partial charge on any atom is 0.321 e. The van der Waals surface area contributed by atoms with Crippen LogP contribution in [0.4, 0.5) is 0 Å². The molecule has 1 atom stereocenters. The minimum Gasteiger partial charge on any atom is -0.480 e. The molecule has 1 fully saturated rings. The van der Waals surface area contributed by atoms with Gasteiger partial charge >= 0.3 is 5.97 Å². The van der Waals surface area contributed by atoms with Crippen LogP contribution in [-0.4, -0.2) is 39.6 Å². The zero-order chi connectivity index (χ0) is 15.3. The number of nitrogens with two attached hydrogens (primary N) is 1. The van der Waals surface area contributed by atoms with Crippen molar-refractivity contribution in [3.05, 3.63) is 0 Å². The molecule has 0 spiro atoms. The molecule has 1 saturated carbocycles. The van der Waals surface area contributed by atoms with Gasteiger partial charge in [0.25, 0.3) is 0 Å². The van der Waals surface area contributed by atoms with Crippen molar-refractivity contribution in [1.29, 1.82) is 0 Å². The molecule has 4 N–H and O–H groups in total. The predicted octanol–water partition coefficient (Wildman–Crippen LogP) is 1.60. The Labute approximate surface area is 125 Å². The van der Waals surface area contributed by atoms with Crippen LogP contribution in [0.2, 0.25) is 0 Å². The van der Waals surface area contributed by atoms with Gasteiger partial charge < -0.3 is 16.2 Å². The molecule has 1 aliphatic rings. The number of rotatable bonds is 6. The highest BCUT2D eigenvalue weighted by atomic mass is 32.2. The molecule has 0 aromatic carbocycles. The topological polar surface area (TPSA) is 92.4 Å². The van der Waals surface area contributed by atoms with Gasteiger partial charge in [-0.15, -0.1) is 11.8 Å². The van der Waals surface area contributed by atoms with Crippen LogP contribution in [0, 0.1) is 5.92 Å². The van der Waals surface area contributed by atoms with E-state index in [0.29, 0.717) is 0 Å². The Hall–Kier alpha value is -0.750. The van der Waals surface area contributed by atoms with Crippen LogP contribution in [0.15, 0.2) is 0 Å². The molecule has 6 heteroatoms. The van der Waals surface area contributed by atoms with Gasteiger partial charge in [0.1, 0.15) is 6.04 Å². The van der Waals surface area contributed by atoms with Crippen LogP contribution in [0.1, 0.15) is 46.5 Å². The fourth-order valence-corrected chi connectivity index (χ4v) is 3.18. The lowest BCUT2D eigenvalue weighted by Gasteiger charge is -2.29. The van der Waals surface area contributed by atoms with Crippen molar-refractivity contribution in [3.63, 3.8) is 0 Å². The van der Waals surface area contributed by atoms with Crippen molar-refractivity contribution in [1.82, 2.24) is 5.32 Å². The summed E-state index contributed by atoms with van der Waals surface area (Å²) < 4.78 is -0.662. The van der Waals surface area contributed by atoms with Gasteiger partial charge in [0.05, 0.1) is 5.75 Å². The van der Waals surface area contributed by atoms with E-state index < -0.39 is 16.8 Å². The summed E-state index contributed by atoms with van der Waals surface area (Å²) in [5.74, 6) is -0.0607. The van der Waals surface area contributed by atoms with Crippen LogP contribution >= 0.6 is 11.8 Å². The molecule has 116 valence electrons. The summed E-state index contributed by atoms with van der Waals surface area (Å²) in [5, 5.41) is 12.0. The smallest absolute Gasteiger partial charge is 0.321 e. The Morgan fingerprint density at radius 3 is 2.40 bits per heavy atom. The number of carboxylic acids is 1. The first-order valence-electron chi connectivity index (χ1n) is 7.14. The third-order valence-electron chi connectivity index (χ3n) is 3.97. The Bertz CT molecular complexity index is 352. The molecule has 1 amide bonds. The first-order valence-corrected chi connectivity index (χ1v) is 8.12. The van der Waals surface area contributed by atoms with E-state index in [1.165, 1.54) is 11.8 Å². The molecular formula is C14H26N2O3S. The lowest BCUT2D eigenvalue weighted by molar-refractivity contribution is -0.139. The summed E-state index contributed by atoms with van der Waals surface area (Å²) in [6.45, 7) is 5.75. The molecule has 0 saturated heterocycles. The van der Waals surface area contributed by atoms with E-state index in [4.69, 9.17) is 10.8 Å². The minimum atomic E-state index is -1.04. The maximum atomic E-state index is 11.9. The van der Waals surface area contributed by atoms with E-state index >= 15 is 0 Å². The summed E-state index contributed by atoms with van der Waals surface area (Å²) in [5.41, 5.74) is 5.63. The van der Waals surface area contributed by atoms with Gasteiger partial charge in [-0.25, -0.2) is 0 Å². The fraction of sp³-hybridized carbons (Fsp3) is 0.857. The van der Waals surface area contributed by atoms with E-state index in [0.717, 1.165) is 31.6 Å². The number of carboxylic acid groups (broad SMARTS) is 1. The van der Waals surface area contributed by atoms with E-state index in [9.17, 15) is 9.59 Å². The first kappa shape index (κ1) is 17.3. The van der Waals surface area contributed by atoms with Gasteiger partial charge in [-0.05, 0) is 45.4 Å². The van der Waals surface area contributed by atoms with Crippen molar-refractivity contribution in [2.75, 3.05) is 5.75 Å². The van der Waals surface area contributed by atoms with Crippen LogP contribution in [0.25, 0.3) is 0 Å². The van der Waals surface area contributed by atoms with Crippen LogP contribution in [-0.2, 0) is 9.59 Å². The Kier molecular flexibility index (Phi) is 6.33. The van der Waals surface area contributed by atoms with Crippen molar-refractivity contribution in [2.45, 2.75) is 63.3 Å². The lowest BCUT2D eigenvalue weighted by Crippen LogP contribution is -2.47. The number of hydrogen-bond acceptors (Lipinski definition) is 4. The Balaban J connectivity index is 2.34. The zero-order valence-electron chi connectivity index (χ0n) is 12.5. The third-order valence-corrected chi connectivity index (χ3v) is 5.38. The number of hydrogen-bond donors (Lipinski definition) is 3. The highest BCUT2D eigenvalue weighted by Crippen LogP contribution is 2.28. The van der Waals surface area contributed by atoms with Gasteiger partial charge in [0.15, 0.2) is 0 Å². The lowest BCUT2D eigenvalue weighted by atomic mass is 9.87. The van der Waals surface area contributed by atoms with Crippen molar-refractivity contribution >= 4 is 23.6 Å². The van der Waals surface area contributed by atoms with Gasteiger partial charge in [0.2, 0.25) is 5.91 Å². The molecule has 0 unspecified atom stereocenters. The summed E-state index contributed by atoms with van der Waals surface area (Å²) in [7, 11) is 0. The highest BCUT2D eigenvalue weighted by Gasteiger charge is 2.33. The average molecular weight is 302 g/mol. The largest absolute Gasteiger partial charge is 0.480 e. The molecular weight excluding hydrogens is 276 g/mol. The SMILES string of the molecule is CC1CCC(NC(=O)CSC(C)(C)[C@@H](N)C(=O)O)CC1. The van der Waals surface area contributed by atoms with Crippen molar-refractivity contribution in [2.24, 2.45) is 11.7 Å². The Morgan fingerprint density at radius 2 is 1.90 bits per heavy atom. The van der Waals surface area contributed by atoms with Crippen molar-refractivity contribution < 1.29 is 14.7 Å². The molecule has 0 aromatic rings. The molecule has 0 radical (unpaired) electrons. The fourth-order valence-electron chi connectivity index (χ4n) is 2.31. The highest BCUT2D eigenvalue weighted by molar-refractivity contribution is 8.01. The summed E-state index contributed by atoms with van der Waals surface area (Å²) in [6.07, 6.45) is 4.39. The summed E-state index contributed by atoms with van der Waals surface area (Å²) in [4.78, 5) is 22.8. The molecule has 1 aliphatic carbocycles. The van der Waals surface area contributed by atoms with Gasteiger partial charge in [-0.2, -0.15) is 0 Å². The zero-order valence-corrected chi connectivity index (χ0v) is 13.3. The van der Waals surface area contributed by atoms with E-state index in [2.05, 4.69) is 12.2 Å². The van der Waals surface area contributed by atoms with Crippen molar-refractivity contribution in [3.8, 4) is 0 Å². The third kappa shape index (κ3) is 5.32. The second-order valence-electron chi connectivity index (χ2n) is 6.23. The van der Waals surface area contributed by atoms with E-state index in [1.54, 1.807) is 13.8 Å². The Morgan fingerprint density at radius 1 is 1.35 bits per heavy atom. The van der Waals surface area contributed by atoms with E-state index in [-0.39, 0.29) is 17.7 Å². The molecule has 1 rings (SSSR count). The maximum absolute atomic E-state index is 11.9. The summed E-state index contributed by atoms with van der Waals surface area (Å²) >= 11 is 1.29. The normalized spacial score (nSPS) is 25.0. The minimum absolute atomic E-state index is 0.0276. The number of nitrogens with one attached hydrogen (secondary N) is 1. The second-order valence-corrected chi connectivity index (χ2v) is 7.86. The van der Waals surface area contributed by atoms with Gasteiger partial charge in [-0.3, -0.25) is 9.59 Å². The van der Waals surface area contributed by atoms with E-state index in [1.807, 2.05) is 0 Å². The van der Waals surface area contributed by atoms with Gasteiger partial charge in [0, 0.05) is 10.8 Å². The molecule has 0 heterocycles. The number of amides is 1. The van der Waals surface area contributed by atoms with Crippen LogP contribution in [0.5, 0.6) is 0 Å². The molecule has 0 aromatic heterocycles. The second kappa shape index (κ2) is 7.31. The quantitative estimate of drug-likeness (QED) is 0.693. The predicted molar refractivity (Wildman–Crippen MR) is 81.7 cm³/mol. The molecule has 5 nitrogen and oxygen atoms in total. The van der Waals surface area contributed by atoms with Crippen LogP contribution in [0.3, 0.4) is 0 Å². The number of carbonyl (C=O) groups is 2. The molecule has 0 aliphatic heterocycles. The average Bonchev–Trinajstić information content (AvgIpc) is 2.38. The number of aliphatic carboxylic acids is 1. The first-order chi connectivity index (χ1) is 9.22. The van der Waals surface area contributed by atoms with Crippen LogP contribution < -0.4 is 11.1 Å². The van der Waals surface area contributed by atoms with Gasteiger partial charge in [-0.1, -0.05) is 6.92 Å². The number of carbonyl (C=O) groups excluding carboxylic acids is 1. The number of thioether (sulfide) groups is 1. The standard InChI is InChI=1S/C14H26N2O3S/c1-9-4-6-10(7-5-9)16-11(17)8-20-14(2,3)12(15)13(18)19/h9-10,12H,4-8,15H2,1-3H3,(H,16,17)(H,18,19)/t9?,10?,12-/m0/s1. The monoisotopic (exact) mass is 302 g/mol.